The van der Waals surface area contributed by atoms with Gasteiger partial charge in [-0.25, -0.2) is 9.97 Å². The molecule has 94 valence electrons. The van der Waals surface area contributed by atoms with Gasteiger partial charge in [-0.2, -0.15) is 0 Å². The zero-order valence-corrected chi connectivity index (χ0v) is 10.3. The Morgan fingerprint density at radius 2 is 2.18 bits per heavy atom. The van der Waals surface area contributed by atoms with Crippen LogP contribution in [-0.4, -0.2) is 43.2 Å². The van der Waals surface area contributed by atoms with Crippen LogP contribution >= 0.6 is 0 Å². The van der Waals surface area contributed by atoms with E-state index in [4.69, 9.17) is 4.74 Å². The average molecular weight is 239 g/mol. The van der Waals surface area contributed by atoms with Gasteiger partial charge in [0.05, 0.1) is 14.2 Å². The van der Waals surface area contributed by atoms with E-state index in [1.807, 2.05) is 11.8 Å². The summed E-state index contributed by atoms with van der Waals surface area (Å²) in [6.45, 7) is 2.92. The summed E-state index contributed by atoms with van der Waals surface area (Å²) in [4.78, 5) is 21.2. The first-order valence-corrected chi connectivity index (χ1v) is 5.39. The SMILES string of the molecule is CCCN(CC(=O)OC)c1cc(OC)ncn1. The van der Waals surface area contributed by atoms with E-state index in [0.29, 0.717) is 11.7 Å². The molecule has 6 nitrogen and oxygen atoms in total. The first-order valence-electron chi connectivity index (χ1n) is 5.39. The zero-order chi connectivity index (χ0) is 12.7. The molecule has 0 aromatic carbocycles. The molecule has 0 saturated heterocycles. The molecule has 1 aromatic rings. The number of anilines is 1. The minimum absolute atomic E-state index is 0.171. The van der Waals surface area contributed by atoms with Gasteiger partial charge in [0.25, 0.3) is 0 Å². The van der Waals surface area contributed by atoms with Gasteiger partial charge in [0.1, 0.15) is 18.7 Å². The third kappa shape index (κ3) is 3.90. The van der Waals surface area contributed by atoms with E-state index in [0.717, 1.165) is 13.0 Å². The van der Waals surface area contributed by atoms with Crippen molar-refractivity contribution in [2.75, 3.05) is 32.2 Å². The van der Waals surface area contributed by atoms with E-state index in [2.05, 4.69) is 14.7 Å². The standard InChI is InChI=1S/C11H17N3O3/c1-4-5-14(7-11(15)17-3)9-6-10(16-2)13-8-12-9/h6,8H,4-5,7H2,1-3H3. The van der Waals surface area contributed by atoms with Crippen molar-refractivity contribution in [2.45, 2.75) is 13.3 Å². The zero-order valence-electron chi connectivity index (χ0n) is 10.3. The lowest BCUT2D eigenvalue weighted by Gasteiger charge is -2.21. The van der Waals surface area contributed by atoms with Crippen molar-refractivity contribution in [2.24, 2.45) is 0 Å². The highest BCUT2D eigenvalue weighted by molar-refractivity contribution is 5.75. The Morgan fingerprint density at radius 1 is 1.41 bits per heavy atom. The first kappa shape index (κ1) is 13.2. The molecule has 1 rings (SSSR count). The van der Waals surface area contributed by atoms with Gasteiger partial charge in [-0.05, 0) is 6.42 Å². The second kappa shape index (κ2) is 6.67. The summed E-state index contributed by atoms with van der Waals surface area (Å²) in [6.07, 6.45) is 2.32. The summed E-state index contributed by atoms with van der Waals surface area (Å²) in [6, 6.07) is 1.69. The molecule has 0 amide bonds. The Hall–Kier alpha value is -1.85. The lowest BCUT2D eigenvalue weighted by atomic mass is 10.4. The van der Waals surface area contributed by atoms with Gasteiger partial charge in [0.2, 0.25) is 5.88 Å². The molecule has 0 radical (unpaired) electrons. The number of hydrogen-bond acceptors (Lipinski definition) is 6. The number of nitrogens with zero attached hydrogens (tertiary/aromatic N) is 3. The van der Waals surface area contributed by atoms with Gasteiger partial charge in [-0.1, -0.05) is 6.92 Å². The third-order valence-corrected chi connectivity index (χ3v) is 2.20. The van der Waals surface area contributed by atoms with Crippen molar-refractivity contribution in [1.29, 1.82) is 0 Å². The van der Waals surface area contributed by atoms with Gasteiger partial charge in [-0.3, -0.25) is 4.79 Å². The average Bonchev–Trinajstić information content (AvgIpc) is 2.38. The molecule has 0 bridgehead atoms. The third-order valence-electron chi connectivity index (χ3n) is 2.20. The fraction of sp³-hybridized carbons (Fsp3) is 0.545. The van der Waals surface area contributed by atoms with Crippen molar-refractivity contribution in [3.05, 3.63) is 12.4 Å². The molecule has 0 aliphatic heterocycles. The number of aromatic nitrogens is 2. The molecule has 0 fully saturated rings. The van der Waals surface area contributed by atoms with Gasteiger partial charge >= 0.3 is 5.97 Å². The number of carbonyl (C=O) groups is 1. The van der Waals surface area contributed by atoms with Crippen molar-refractivity contribution in [3.8, 4) is 5.88 Å². The fourth-order valence-electron chi connectivity index (χ4n) is 1.38. The Balaban J connectivity index is 2.84. The van der Waals surface area contributed by atoms with E-state index in [1.54, 1.807) is 6.07 Å². The molecule has 0 aliphatic carbocycles. The highest BCUT2D eigenvalue weighted by Gasteiger charge is 2.13. The van der Waals surface area contributed by atoms with Crippen LogP contribution in [0.15, 0.2) is 12.4 Å². The van der Waals surface area contributed by atoms with E-state index in [-0.39, 0.29) is 12.5 Å². The highest BCUT2D eigenvalue weighted by Crippen LogP contribution is 2.15. The molecule has 0 atom stereocenters. The minimum Gasteiger partial charge on any atom is -0.481 e. The van der Waals surface area contributed by atoms with Crippen LogP contribution in [0.3, 0.4) is 0 Å². The molecule has 17 heavy (non-hydrogen) atoms. The van der Waals surface area contributed by atoms with Crippen LogP contribution in [0, 0.1) is 0 Å². The normalized spacial score (nSPS) is 9.82. The van der Waals surface area contributed by atoms with E-state index >= 15 is 0 Å². The summed E-state index contributed by atoms with van der Waals surface area (Å²) in [7, 11) is 2.91. The Morgan fingerprint density at radius 3 is 2.76 bits per heavy atom. The van der Waals surface area contributed by atoms with Crippen molar-refractivity contribution in [1.82, 2.24) is 9.97 Å². The molecule has 1 aromatic heterocycles. The molecule has 0 spiro atoms. The van der Waals surface area contributed by atoms with Crippen LogP contribution in [-0.2, 0) is 9.53 Å². The predicted molar refractivity (Wildman–Crippen MR) is 63.1 cm³/mol. The monoisotopic (exact) mass is 239 g/mol. The molecule has 0 N–H and O–H groups in total. The van der Waals surface area contributed by atoms with E-state index in [9.17, 15) is 4.79 Å². The smallest absolute Gasteiger partial charge is 0.325 e. The van der Waals surface area contributed by atoms with Crippen LogP contribution in [0.4, 0.5) is 5.82 Å². The van der Waals surface area contributed by atoms with Crippen LogP contribution in [0.25, 0.3) is 0 Å². The second-order valence-corrected chi connectivity index (χ2v) is 3.42. The van der Waals surface area contributed by atoms with Gasteiger partial charge in [-0.15, -0.1) is 0 Å². The lowest BCUT2D eigenvalue weighted by molar-refractivity contribution is -0.138. The number of esters is 1. The number of hydrogen-bond donors (Lipinski definition) is 0. The molecule has 0 aliphatic rings. The van der Waals surface area contributed by atoms with Crippen LogP contribution < -0.4 is 9.64 Å². The molecular formula is C11H17N3O3. The molecule has 0 unspecified atom stereocenters. The summed E-state index contributed by atoms with van der Waals surface area (Å²) >= 11 is 0. The van der Waals surface area contributed by atoms with E-state index < -0.39 is 0 Å². The van der Waals surface area contributed by atoms with E-state index in [1.165, 1.54) is 20.5 Å². The first-order chi connectivity index (χ1) is 8.21. The highest BCUT2D eigenvalue weighted by atomic mass is 16.5. The van der Waals surface area contributed by atoms with Gasteiger partial charge in [0.15, 0.2) is 0 Å². The van der Waals surface area contributed by atoms with Crippen molar-refractivity contribution >= 4 is 11.8 Å². The Bertz CT molecular complexity index is 371. The molecule has 1 heterocycles. The maximum atomic E-state index is 11.3. The lowest BCUT2D eigenvalue weighted by Crippen LogP contribution is -2.31. The van der Waals surface area contributed by atoms with Crippen molar-refractivity contribution in [3.63, 3.8) is 0 Å². The summed E-state index contributed by atoms with van der Waals surface area (Å²) < 4.78 is 9.67. The van der Waals surface area contributed by atoms with Gasteiger partial charge < -0.3 is 14.4 Å². The van der Waals surface area contributed by atoms with Gasteiger partial charge in [0, 0.05) is 12.6 Å². The molecule has 0 saturated carbocycles. The number of methoxy groups -OCH3 is 2. The fourth-order valence-corrected chi connectivity index (χ4v) is 1.38. The maximum Gasteiger partial charge on any atom is 0.325 e. The van der Waals surface area contributed by atoms with Crippen LogP contribution in [0.1, 0.15) is 13.3 Å². The predicted octanol–water partition coefficient (Wildman–Crippen LogP) is 0.875. The second-order valence-electron chi connectivity index (χ2n) is 3.42. The summed E-state index contributed by atoms with van der Waals surface area (Å²) in [5, 5.41) is 0. The topological polar surface area (TPSA) is 64.6 Å². The summed E-state index contributed by atoms with van der Waals surface area (Å²) in [5.74, 6) is 0.834. The Kier molecular flexibility index (Phi) is 5.19. The molecule has 6 heteroatoms. The summed E-state index contributed by atoms with van der Waals surface area (Å²) in [5.41, 5.74) is 0. The largest absolute Gasteiger partial charge is 0.481 e. The minimum atomic E-state index is -0.295. The number of ether oxygens (including phenoxy) is 2. The number of rotatable bonds is 6. The van der Waals surface area contributed by atoms with Crippen LogP contribution in [0.2, 0.25) is 0 Å². The van der Waals surface area contributed by atoms with Crippen LogP contribution in [0.5, 0.6) is 5.88 Å². The number of carbonyl (C=O) groups excluding carboxylic acids is 1. The quantitative estimate of drug-likeness (QED) is 0.686. The van der Waals surface area contributed by atoms with Crippen molar-refractivity contribution < 1.29 is 14.3 Å². The Labute approximate surface area is 101 Å². The maximum absolute atomic E-state index is 11.3. The molecular weight excluding hydrogens is 222 g/mol.